The van der Waals surface area contributed by atoms with E-state index in [1.807, 2.05) is 6.07 Å². The number of ether oxygens (including phenoxy) is 1. The van der Waals surface area contributed by atoms with Gasteiger partial charge >= 0.3 is 6.03 Å². The molecule has 0 aromatic heterocycles. The second-order valence-electron chi connectivity index (χ2n) is 7.01. The van der Waals surface area contributed by atoms with Gasteiger partial charge in [-0.15, -0.1) is 0 Å². The normalized spacial score (nSPS) is 19.5. The summed E-state index contributed by atoms with van der Waals surface area (Å²) in [7, 11) is 1.52. The zero-order valence-electron chi connectivity index (χ0n) is 16.1. The Morgan fingerprint density at radius 2 is 1.97 bits per heavy atom. The first-order valence-corrected chi connectivity index (χ1v) is 9.17. The lowest BCUT2D eigenvalue weighted by Crippen LogP contribution is -2.54. The first kappa shape index (κ1) is 19.2. The van der Waals surface area contributed by atoms with Crippen LogP contribution in [0.25, 0.3) is 0 Å². The number of benzene rings is 2. The minimum atomic E-state index is -1.56. The summed E-state index contributed by atoms with van der Waals surface area (Å²) in [5.41, 5.74) is 1.10. The number of amides is 4. The molecule has 2 aliphatic rings. The molecule has 3 N–H and O–H groups in total. The standard InChI is InChI=1S/C22H18N4O4/c1-30-17-7-6-16-12-26(19(27)18(16)10-17)13-22(20(28)24-21(29)25-22)9-8-14-2-4-15(11-23)5-3-14/h2-7,10-11,23H,12-13H2,1H3,(H2,24,25,28,29)/t22-/m1/s1. The highest BCUT2D eigenvalue weighted by atomic mass is 16.5. The average molecular weight is 402 g/mol. The highest BCUT2D eigenvalue weighted by Gasteiger charge is 2.48. The molecule has 1 fully saturated rings. The number of hydrogen-bond acceptors (Lipinski definition) is 5. The van der Waals surface area contributed by atoms with Crippen LogP contribution in [-0.4, -0.2) is 48.2 Å². The van der Waals surface area contributed by atoms with Crippen LogP contribution in [0.2, 0.25) is 0 Å². The molecular weight excluding hydrogens is 384 g/mol. The summed E-state index contributed by atoms with van der Waals surface area (Å²) in [6.45, 7) is 0.213. The van der Waals surface area contributed by atoms with Crippen molar-refractivity contribution in [3.63, 3.8) is 0 Å². The van der Waals surface area contributed by atoms with Crippen molar-refractivity contribution in [2.75, 3.05) is 13.7 Å². The minimum absolute atomic E-state index is 0.0913. The smallest absolute Gasteiger partial charge is 0.323 e. The molecule has 1 saturated heterocycles. The van der Waals surface area contributed by atoms with Gasteiger partial charge in [0.1, 0.15) is 5.75 Å². The maximum Gasteiger partial charge on any atom is 0.323 e. The molecule has 0 radical (unpaired) electrons. The number of carbonyl (C=O) groups is 3. The van der Waals surface area contributed by atoms with Crippen LogP contribution in [0.15, 0.2) is 42.5 Å². The fourth-order valence-corrected chi connectivity index (χ4v) is 3.45. The quantitative estimate of drug-likeness (QED) is 0.406. The van der Waals surface area contributed by atoms with E-state index >= 15 is 0 Å². The Hall–Kier alpha value is -4.12. The molecule has 30 heavy (non-hydrogen) atoms. The zero-order chi connectivity index (χ0) is 21.3. The molecule has 2 aliphatic heterocycles. The van der Waals surface area contributed by atoms with E-state index in [0.717, 1.165) is 11.1 Å². The lowest BCUT2D eigenvalue weighted by Gasteiger charge is -2.26. The van der Waals surface area contributed by atoms with Gasteiger partial charge in [-0.1, -0.05) is 30.0 Å². The number of nitrogens with one attached hydrogen (secondary N) is 3. The molecule has 0 unspecified atom stereocenters. The van der Waals surface area contributed by atoms with Crippen molar-refractivity contribution in [2.45, 2.75) is 12.1 Å². The fourth-order valence-electron chi connectivity index (χ4n) is 3.45. The van der Waals surface area contributed by atoms with Gasteiger partial charge in [0.25, 0.3) is 11.8 Å². The first-order valence-electron chi connectivity index (χ1n) is 9.17. The summed E-state index contributed by atoms with van der Waals surface area (Å²) in [6, 6.07) is 11.5. The van der Waals surface area contributed by atoms with Crippen molar-refractivity contribution in [3.8, 4) is 17.6 Å². The monoisotopic (exact) mass is 402 g/mol. The second-order valence-corrected chi connectivity index (χ2v) is 7.01. The molecule has 2 aromatic rings. The Morgan fingerprint density at radius 3 is 2.60 bits per heavy atom. The SMILES string of the molecule is COc1ccc2c(c1)C(=O)N(C[C@@]1(C#Cc3ccc(C=N)cc3)NC(=O)NC1=O)C2. The van der Waals surface area contributed by atoms with Crippen molar-refractivity contribution in [1.82, 2.24) is 15.5 Å². The van der Waals surface area contributed by atoms with E-state index in [1.165, 1.54) is 18.2 Å². The van der Waals surface area contributed by atoms with Gasteiger partial charge in [0, 0.05) is 23.9 Å². The number of carbonyl (C=O) groups excluding carboxylic acids is 3. The molecule has 2 aromatic carbocycles. The molecule has 150 valence electrons. The van der Waals surface area contributed by atoms with Crippen molar-refractivity contribution >= 4 is 24.1 Å². The molecule has 4 amide bonds. The number of urea groups is 1. The third-order valence-electron chi connectivity index (χ3n) is 5.06. The third kappa shape index (κ3) is 3.37. The highest BCUT2D eigenvalue weighted by Crippen LogP contribution is 2.28. The van der Waals surface area contributed by atoms with E-state index in [1.54, 1.807) is 36.4 Å². The van der Waals surface area contributed by atoms with Crippen molar-refractivity contribution < 1.29 is 19.1 Å². The van der Waals surface area contributed by atoms with Gasteiger partial charge in [-0.25, -0.2) is 4.79 Å². The Balaban J connectivity index is 1.63. The molecule has 0 bridgehead atoms. The lowest BCUT2D eigenvalue weighted by molar-refractivity contribution is -0.122. The molecule has 0 aliphatic carbocycles. The van der Waals surface area contributed by atoms with Crippen LogP contribution in [0.5, 0.6) is 5.75 Å². The summed E-state index contributed by atoms with van der Waals surface area (Å²) in [5.74, 6) is 5.47. The maximum absolute atomic E-state index is 12.9. The van der Waals surface area contributed by atoms with Crippen LogP contribution in [0.3, 0.4) is 0 Å². The highest BCUT2D eigenvalue weighted by molar-refractivity contribution is 6.10. The predicted molar refractivity (Wildman–Crippen MR) is 108 cm³/mol. The Morgan fingerprint density at radius 1 is 1.20 bits per heavy atom. The van der Waals surface area contributed by atoms with Crippen LogP contribution in [0.1, 0.15) is 27.0 Å². The molecule has 0 spiro atoms. The molecule has 8 nitrogen and oxygen atoms in total. The molecular formula is C22H18N4O4. The van der Waals surface area contributed by atoms with Gasteiger partial charge in [0.05, 0.1) is 13.7 Å². The predicted octanol–water partition coefficient (Wildman–Crippen LogP) is 1.28. The number of methoxy groups -OCH3 is 1. The first-order chi connectivity index (χ1) is 14.4. The number of fused-ring (bicyclic) bond motifs is 1. The van der Waals surface area contributed by atoms with Crippen molar-refractivity contribution in [1.29, 1.82) is 5.41 Å². The topological polar surface area (TPSA) is 112 Å². The number of nitrogens with zero attached hydrogens (tertiary/aromatic N) is 1. The minimum Gasteiger partial charge on any atom is -0.497 e. The average Bonchev–Trinajstić information content (AvgIpc) is 3.21. The van der Waals surface area contributed by atoms with E-state index in [2.05, 4.69) is 22.5 Å². The van der Waals surface area contributed by atoms with Crippen molar-refractivity contribution in [2.24, 2.45) is 0 Å². The van der Waals surface area contributed by atoms with Gasteiger partial charge < -0.3 is 20.4 Å². The number of rotatable bonds is 4. The van der Waals surface area contributed by atoms with Gasteiger partial charge in [-0.3, -0.25) is 14.9 Å². The zero-order valence-corrected chi connectivity index (χ0v) is 16.1. The largest absolute Gasteiger partial charge is 0.497 e. The van der Waals surface area contributed by atoms with E-state index in [9.17, 15) is 14.4 Å². The van der Waals surface area contributed by atoms with Crippen molar-refractivity contribution in [3.05, 3.63) is 64.7 Å². The second kappa shape index (κ2) is 7.37. The number of hydrogen-bond donors (Lipinski definition) is 3. The van der Waals surface area contributed by atoms with Crippen LogP contribution >= 0.6 is 0 Å². The van der Waals surface area contributed by atoms with E-state index in [0.29, 0.717) is 23.4 Å². The van der Waals surface area contributed by atoms with Crippen LogP contribution in [0.4, 0.5) is 4.79 Å². The van der Waals surface area contributed by atoms with E-state index in [-0.39, 0.29) is 12.5 Å². The van der Waals surface area contributed by atoms with Crippen LogP contribution in [-0.2, 0) is 11.3 Å². The van der Waals surface area contributed by atoms with Crippen LogP contribution in [0, 0.1) is 17.3 Å². The molecule has 2 heterocycles. The Bertz CT molecular complexity index is 1130. The van der Waals surface area contributed by atoms with Gasteiger partial charge in [0.2, 0.25) is 5.54 Å². The fraction of sp³-hybridized carbons (Fsp3) is 0.182. The third-order valence-corrected chi connectivity index (χ3v) is 5.06. The van der Waals surface area contributed by atoms with Gasteiger partial charge in [0.15, 0.2) is 0 Å². The van der Waals surface area contributed by atoms with E-state index < -0.39 is 17.5 Å². The Labute approximate surface area is 172 Å². The van der Waals surface area contributed by atoms with E-state index in [4.69, 9.17) is 10.1 Å². The molecule has 8 heteroatoms. The number of imide groups is 1. The maximum atomic E-state index is 12.9. The summed E-state index contributed by atoms with van der Waals surface area (Å²) in [4.78, 5) is 38.8. The molecule has 4 rings (SSSR count). The van der Waals surface area contributed by atoms with Gasteiger partial charge in [-0.05, 0) is 35.4 Å². The van der Waals surface area contributed by atoms with Crippen LogP contribution < -0.4 is 15.4 Å². The van der Waals surface area contributed by atoms with Gasteiger partial charge in [-0.2, -0.15) is 0 Å². The summed E-state index contributed by atoms with van der Waals surface area (Å²) >= 11 is 0. The Kier molecular flexibility index (Phi) is 4.72. The molecule has 1 atom stereocenters. The summed E-state index contributed by atoms with van der Waals surface area (Å²) < 4.78 is 5.18. The molecule has 0 saturated carbocycles. The summed E-state index contributed by atoms with van der Waals surface area (Å²) in [6.07, 6.45) is 1.22. The summed E-state index contributed by atoms with van der Waals surface area (Å²) in [5, 5.41) is 12.0. The lowest BCUT2D eigenvalue weighted by atomic mass is 9.99.